The normalized spacial score (nSPS) is 25.7. The lowest BCUT2D eigenvalue weighted by Gasteiger charge is -2.35. The fraction of sp³-hybridized carbons (Fsp3) is 0.400. The van der Waals surface area contributed by atoms with Crippen LogP contribution in [-0.4, -0.2) is 47.6 Å². The van der Waals surface area contributed by atoms with Crippen LogP contribution in [0.2, 0.25) is 5.02 Å². The lowest BCUT2D eigenvalue weighted by atomic mass is 10.1. The van der Waals surface area contributed by atoms with Gasteiger partial charge in [-0.1, -0.05) is 29.8 Å². The number of morpholine rings is 1. The van der Waals surface area contributed by atoms with Crippen molar-refractivity contribution in [3.05, 3.63) is 64.9 Å². The van der Waals surface area contributed by atoms with Crippen LogP contribution < -0.4 is 5.32 Å². The molecule has 0 bridgehead atoms. The topological polar surface area (TPSA) is 54.5 Å². The first-order chi connectivity index (χ1) is 12.7. The Morgan fingerprint density at radius 2 is 2.12 bits per heavy atom. The molecule has 3 atom stereocenters. The van der Waals surface area contributed by atoms with Crippen molar-refractivity contribution in [3.8, 4) is 0 Å². The van der Waals surface area contributed by atoms with Crippen molar-refractivity contribution >= 4 is 17.5 Å². The van der Waals surface area contributed by atoms with E-state index in [0.29, 0.717) is 19.1 Å². The summed E-state index contributed by atoms with van der Waals surface area (Å²) < 4.78 is 6.06. The first-order valence-electron chi connectivity index (χ1n) is 8.97. The van der Waals surface area contributed by atoms with E-state index >= 15 is 0 Å². The number of pyridine rings is 1. The Morgan fingerprint density at radius 3 is 2.88 bits per heavy atom. The van der Waals surface area contributed by atoms with E-state index in [0.717, 1.165) is 35.7 Å². The lowest BCUT2D eigenvalue weighted by Crippen LogP contribution is -2.43. The average molecular weight is 372 g/mol. The molecule has 2 saturated heterocycles. The molecule has 1 aromatic heterocycles. The Bertz CT molecular complexity index is 753. The second-order valence-electron chi connectivity index (χ2n) is 7.02. The van der Waals surface area contributed by atoms with Gasteiger partial charge >= 0.3 is 0 Å². The molecule has 1 aromatic carbocycles. The van der Waals surface area contributed by atoms with Gasteiger partial charge in [0.25, 0.3) is 0 Å². The smallest absolute Gasteiger partial charge is 0.224 e. The number of carbonyl (C=O) groups is 1. The van der Waals surface area contributed by atoms with Crippen molar-refractivity contribution in [1.29, 1.82) is 0 Å². The molecule has 2 fully saturated rings. The highest BCUT2D eigenvalue weighted by Gasteiger charge is 2.38. The number of hydrogen-bond donors (Lipinski definition) is 1. The molecule has 26 heavy (non-hydrogen) atoms. The lowest BCUT2D eigenvalue weighted by molar-refractivity contribution is -0.121. The zero-order valence-electron chi connectivity index (χ0n) is 14.5. The molecular weight excluding hydrogens is 350 g/mol. The van der Waals surface area contributed by atoms with E-state index in [2.05, 4.69) is 15.2 Å². The molecule has 1 N–H and O–H groups in total. The molecule has 4 rings (SSSR count). The van der Waals surface area contributed by atoms with Crippen LogP contribution in [0.1, 0.15) is 23.7 Å². The van der Waals surface area contributed by atoms with Gasteiger partial charge in [-0.05, 0) is 35.7 Å². The van der Waals surface area contributed by atoms with Crippen molar-refractivity contribution < 1.29 is 9.53 Å². The maximum atomic E-state index is 12.3. The van der Waals surface area contributed by atoms with Gasteiger partial charge in [-0.2, -0.15) is 0 Å². The molecule has 1 amide bonds. The number of carbonyl (C=O) groups excluding carboxylic acids is 1. The largest absolute Gasteiger partial charge is 0.371 e. The standard InChI is InChI=1S/C20H22ClN3O2/c21-16-5-3-15(4-6-16)19-12-24-11-17(9-18(24)13-26-19)23-20(25)8-14-2-1-7-22-10-14/h1-7,10,17-19H,8-9,11-13H2,(H,23,25)/t17-,18+,19-/m1/s1. The van der Waals surface area contributed by atoms with Gasteiger partial charge in [0.05, 0.1) is 19.1 Å². The molecule has 0 saturated carbocycles. The van der Waals surface area contributed by atoms with Crippen molar-refractivity contribution in [2.24, 2.45) is 0 Å². The summed E-state index contributed by atoms with van der Waals surface area (Å²) in [6.45, 7) is 2.42. The van der Waals surface area contributed by atoms with Crippen LogP contribution >= 0.6 is 11.6 Å². The van der Waals surface area contributed by atoms with Crippen molar-refractivity contribution in [3.63, 3.8) is 0 Å². The molecule has 2 aliphatic rings. The quantitative estimate of drug-likeness (QED) is 0.897. The Kier molecular flexibility index (Phi) is 5.20. The Morgan fingerprint density at radius 1 is 1.27 bits per heavy atom. The third-order valence-electron chi connectivity index (χ3n) is 5.11. The van der Waals surface area contributed by atoms with Crippen LogP contribution in [0.15, 0.2) is 48.8 Å². The molecule has 0 radical (unpaired) electrons. The minimum atomic E-state index is 0.0537. The highest BCUT2D eigenvalue weighted by atomic mass is 35.5. The predicted octanol–water partition coefficient (Wildman–Crippen LogP) is 2.61. The number of amides is 1. The fourth-order valence-corrected chi connectivity index (χ4v) is 3.95. The number of halogens is 1. The monoisotopic (exact) mass is 371 g/mol. The number of nitrogens with one attached hydrogen (secondary N) is 1. The summed E-state index contributed by atoms with van der Waals surface area (Å²) in [6.07, 6.45) is 4.83. The van der Waals surface area contributed by atoms with E-state index in [1.54, 1.807) is 12.4 Å². The Balaban J connectivity index is 1.31. The number of rotatable bonds is 4. The summed E-state index contributed by atoms with van der Waals surface area (Å²) in [5.41, 5.74) is 2.09. The molecule has 2 aromatic rings. The number of fused-ring (bicyclic) bond motifs is 1. The van der Waals surface area contributed by atoms with Gasteiger partial charge in [-0.25, -0.2) is 0 Å². The maximum Gasteiger partial charge on any atom is 0.224 e. The summed E-state index contributed by atoms with van der Waals surface area (Å²) in [7, 11) is 0. The molecule has 5 nitrogen and oxygen atoms in total. The number of benzene rings is 1. The van der Waals surface area contributed by atoms with E-state index in [9.17, 15) is 4.79 Å². The van der Waals surface area contributed by atoms with Gasteiger partial charge in [0.1, 0.15) is 0 Å². The van der Waals surface area contributed by atoms with Gasteiger partial charge in [0.15, 0.2) is 0 Å². The summed E-state index contributed by atoms with van der Waals surface area (Å²) in [5.74, 6) is 0.0537. The summed E-state index contributed by atoms with van der Waals surface area (Å²) >= 11 is 5.97. The van der Waals surface area contributed by atoms with Crippen molar-refractivity contribution in [2.75, 3.05) is 19.7 Å². The van der Waals surface area contributed by atoms with Crippen LogP contribution in [0.5, 0.6) is 0 Å². The van der Waals surface area contributed by atoms with Gasteiger partial charge in [-0.15, -0.1) is 0 Å². The second kappa shape index (κ2) is 7.74. The molecule has 136 valence electrons. The summed E-state index contributed by atoms with van der Waals surface area (Å²) in [4.78, 5) is 18.8. The SMILES string of the molecule is O=C(Cc1cccnc1)N[C@@H]1C[C@H]2CO[C@@H](c3ccc(Cl)cc3)CN2C1. The van der Waals surface area contributed by atoms with E-state index in [4.69, 9.17) is 16.3 Å². The van der Waals surface area contributed by atoms with Crippen molar-refractivity contribution in [2.45, 2.75) is 31.0 Å². The minimum Gasteiger partial charge on any atom is -0.371 e. The minimum absolute atomic E-state index is 0.0537. The predicted molar refractivity (Wildman–Crippen MR) is 100.0 cm³/mol. The molecule has 3 heterocycles. The molecule has 2 aliphatic heterocycles. The molecule has 0 unspecified atom stereocenters. The zero-order chi connectivity index (χ0) is 17.9. The highest BCUT2D eigenvalue weighted by Crippen LogP contribution is 2.30. The molecular formula is C20H22ClN3O2. The molecule has 0 aliphatic carbocycles. The summed E-state index contributed by atoms with van der Waals surface area (Å²) in [5, 5.41) is 3.90. The van der Waals surface area contributed by atoms with Gasteiger partial charge in [-0.3, -0.25) is 14.7 Å². The van der Waals surface area contributed by atoms with Gasteiger partial charge < -0.3 is 10.1 Å². The summed E-state index contributed by atoms with van der Waals surface area (Å²) in [6, 6.07) is 12.2. The third kappa shape index (κ3) is 4.06. The Hall–Kier alpha value is -1.95. The molecule has 0 spiro atoms. The van der Waals surface area contributed by atoms with Gasteiger partial charge in [0.2, 0.25) is 5.91 Å². The second-order valence-corrected chi connectivity index (χ2v) is 7.46. The van der Waals surface area contributed by atoms with E-state index in [1.165, 1.54) is 0 Å². The van der Waals surface area contributed by atoms with Crippen LogP contribution in [0.25, 0.3) is 0 Å². The fourth-order valence-electron chi connectivity index (χ4n) is 3.82. The average Bonchev–Trinajstić information content (AvgIpc) is 3.04. The number of aromatic nitrogens is 1. The van der Waals surface area contributed by atoms with E-state index < -0.39 is 0 Å². The van der Waals surface area contributed by atoms with E-state index in [-0.39, 0.29) is 18.1 Å². The maximum absolute atomic E-state index is 12.3. The first-order valence-corrected chi connectivity index (χ1v) is 9.34. The van der Waals surface area contributed by atoms with Crippen LogP contribution in [0.4, 0.5) is 0 Å². The van der Waals surface area contributed by atoms with Crippen LogP contribution in [0, 0.1) is 0 Å². The number of ether oxygens (including phenoxy) is 1. The van der Waals surface area contributed by atoms with Crippen LogP contribution in [0.3, 0.4) is 0 Å². The number of nitrogens with zero attached hydrogens (tertiary/aromatic N) is 2. The first kappa shape index (κ1) is 17.5. The van der Waals surface area contributed by atoms with E-state index in [1.807, 2.05) is 36.4 Å². The highest BCUT2D eigenvalue weighted by molar-refractivity contribution is 6.30. The third-order valence-corrected chi connectivity index (χ3v) is 5.36. The van der Waals surface area contributed by atoms with Crippen LogP contribution in [-0.2, 0) is 16.0 Å². The molecule has 6 heteroatoms. The Labute approximate surface area is 158 Å². The zero-order valence-corrected chi connectivity index (χ0v) is 15.2. The number of hydrogen-bond acceptors (Lipinski definition) is 4. The van der Waals surface area contributed by atoms with Crippen molar-refractivity contribution in [1.82, 2.24) is 15.2 Å². The van der Waals surface area contributed by atoms with Gasteiger partial charge in [0, 0.05) is 42.6 Å².